The molecule has 59 valence electrons. The Kier molecular flexibility index (Phi) is 4.16. The van der Waals surface area contributed by atoms with Crippen LogP contribution < -0.4 is 0 Å². The summed E-state index contributed by atoms with van der Waals surface area (Å²) in [7, 11) is 0. The highest BCUT2D eigenvalue weighted by atomic mass is 19.4. The molecule has 0 aliphatic rings. The molecule has 1 radical (unpaired) electrons. The van der Waals surface area contributed by atoms with Crippen LogP contribution in [-0.2, 0) is 0 Å². The van der Waals surface area contributed by atoms with Crippen LogP contribution in [-0.4, -0.2) is 6.18 Å². The van der Waals surface area contributed by atoms with Gasteiger partial charge in [0.2, 0.25) is 0 Å². The minimum Gasteiger partial charge on any atom is -0.171 e. The van der Waals surface area contributed by atoms with E-state index in [-0.39, 0.29) is 6.42 Å². The predicted octanol–water partition coefficient (Wildman–Crippen LogP) is 3.11. The number of hydrogen-bond donors (Lipinski definition) is 0. The van der Waals surface area contributed by atoms with Crippen LogP contribution in [0.2, 0.25) is 0 Å². The van der Waals surface area contributed by atoms with Crippen LogP contribution in [0.4, 0.5) is 13.2 Å². The summed E-state index contributed by atoms with van der Waals surface area (Å²) in [4.78, 5) is 0. The molecule has 0 rings (SSSR count). The van der Waals surface area contributed by atoms with Gasteiger partial charge in [0.05, 0.1) is 0 Å². The van der Waals surface area contributed by atoms with Crippen molar-refractivity contribution in [1.82, 2.24) is 0 Å². The predicted molar refractivity (Wildman–Crippen MR) is 34.4 cm³/mol. The third-order valence-corrected chi connectivity index (χ3v) is 0.928. The van der Waals surface area contributed by atoms with Crippen LogP contribution in [0.5, 0.6) is 0 Å². The molecule has 10 heavy (non-hydrogen) atoms. The molecule has 0 aromatic heterocycles. The Morgan fingerprint density at radius 1 is 1.20 bits per heavy atom. The first-order chi connectivity index (χ1) is 4.56. The van der Waals surface area contributed by atoms with E-state index in [4.69, 9.17) is 0 Å². The molecular formula is C7H10F3. The van der Waals surface area contributed by atoms with E-state index in [2.05, 4.69) is 6.92 Å². The van der Waals surface area contributed by atoms with Crippen molar-refractivity contribution in [2.75, 3.05) is 0 Å². The first-order valence-corrected chi connectivity index (χ1v) is 3.07. The second-order valence-corrected chi connectivity index (χ2v) is 1.91. The standard InChI is InChI=1S/C7H10F3/c1-2-3-4-5-6-7(8,9)10/h3-4H,1-2,5-6H2. The molecule has 0 aliphatic heterocycles. The lowest BCUT2D eigenvalue weighted by Gasteiger charge is -2.01. The topological polar surface area (TPSA) is 0 Å². The molecule has 0 saturated heterocycles. The fourth-order valence-corrected chi connectivity index (χ4v) is 0.483. The lowest BCUT2D eigenvalue weighted by atomic mass is 10.2. The Morgan fingerprint density at radius 3 is 2.20 bits per heavy atom. The van der Waals surface area contributed by atoms with E-state index in [9.17, 15) is 13.2 Å². The van der Waals surface area contributed by atoms with Crippen molar-refractivity contribution in [1.29, 1.82) is 0 Å². The molecule has 0 unspecified atom stereocenters. The van der Waals surface area contributed by atoms with E-state index in [1.165, 1.54) is 6.08 Å². The number of alkyl halides is 3. The van der Waals surface area contributed by atoms with E-state index in [0.29, 0.717) is 6.42 Å². The number of rotatable bonds is 3. The van der Waals surface area contributed by atoms with Gasteiger partial charge in [0.15, 0.2) is 0 Å². The van der Waals surface area contributed by atoms with Gasteiger partial charge in [-0.25, -0.2) is 0 Å². The fraction of sp³-hybridized carbons (Fsp3) is 0.571. The van der Waals surface area contributed by atoms with Gasteiger partial charge in [-0.3, -0.25) is 0 Å². The summed E-state index contributed by atoms with van der Waals surface area (Å²) in [5.41, 5.74) is 0. The number of hydrogen-bond acceptors (Lipinski definition) is 0. The molecule has 0 N–H and O–H groups in total. The molecule has 0 atom stereocenters. The summed E-state index contributed by atoms with van der Waals surface area (Å²) in [6, 6.07) is 0. The summed E-state index contributed by atoms with van der Waals surface area (Å²) in [5, 5.41) is 0. The van der Waals surface area contributed by atoms with Crippen molar-refractivity contribution in [2.24, 2.45) is 0 Å². The van der Waals surface area contributed by atoms with Gasteiger partial charge in [-0.05, 0) is 19.8 Å². The minimum absolute atomic E-state index is 0.0685. The first-order valence-electron chi connectivity index (χ1n) is 3.07. The average molecular weight is 151 g/mol. The minimum atomic E-state index is -4.02. The second kappa shape index (κ2) is 4.36. The number of halogens is 3. The highest BCUT2D eigenvalue weighted by molar-refractivity contribution is 4.82. The van der Waals surface area contributed by atoms with Crippen LogP contribution in [0.1, 0.15) is 19.3 Å². The monoisotopic (exact) mass is 151 g/mol. The van der Waals surface area contributed by atoms with Gasteiger partial charge in [-0.1, -0.05) is 12.2 Å². The zero-order valence-corrected chi connectivity index (χ0v) is 5.62. The summed E-state index contributed by atoms with van der Waals surface area (Å²) < 4.78 is 34.3. The summed E-state index contributed by atoms with van der Waals surface area (Å²) in [6.45, 7) is 3.45. The Morgan fingerprint density at radius 2 is 1.80 bits per heavy atom. The normalized spacial score (nSPS) is 12.8. The third-order valence-electron chi connectivity index (χ3n) is 0.928. The van der Waals surface area contributed by atoms with Gasteiger partial charge in [0, 0.05) is 6.42 Å². The van der Waals surface area contributed by atoms with E-state index in [1.807, 2.05) is 0 Å². The lowest BCUT2D eigenvalue weighted by Crippen LogP contribution is -2.05. The molecule has 0 heterocycles. The molecule has 0 fully saturated rings. The Balaban J connectivity index is 3.28. The van der Waals surface area contributed by atoms with E-state index >= 15 is 0 Å². The molecule has 0 saturated carbocycles. The van der Waals surface area contributed by atoms with Gasteiger partial charge in [0.1, 0.15) is 0 Å². The second-order valence-electron chi connectivity index (χ2n) is 1.91. The van der Waals surface area contributed by atoms with Crippen LogP contribution in [0, 0.1) is 6.92 Å². The molecule has 0 bridgehead atoms. The van der Waals surface area contributed by atoms with Crippen LogP contribution in [0.15, 0.2) is 12.2 Å². The zero-order chi connectivity index (χ0) is 8.04. The SMILES string of the molecule is [CH2]CC=CCCC(F)(F)F. The molecule has 0 spiro atoms. The maximum absolute atomic E-state index is 11.4. The van der Waals surface area contributed by atoms with Crippen LogP contribution in [0.25, 0.3) is 0 Å². The van der Waals surface area contributed by atoms with Crippen molar-refractivity contribution in [2.45, 2.75) is 25.4 Å². The first kappa shape index (κ1) is 9.53. The Labute approximate surface area is 58.7 Å². The van der Waals surface area contributed by atoms with Gasteiger partial charge >= 0.3 is 6.18 Å². The lowest BCUT2D eigenvalue weighted by molar-refractivity contribution is -0.133. The molecule has 3 heteroatoms. The quantitative estimate of drug-likeness (QED) is 0.543. The van der Waals surface area contributed by atoms with Crippen molar-refractivity contribution in [3.8, 4) is 0 Å². The largest absolute Gasteiger partial charge is 0.389 e. The van der Waals surface area contributed by atoms with E-state index < -0.39 is 12.6 Å². The van der Waals surface area contributed by atoms with Gasteiger partial charge in [-0.2, -0.15) is 13.2 Å². The van der Waals surface area contributed by atoms with Crippen molar-refractivity contribution in [3.63, 3.8) is 0 Å². The number of allylic oxidation sites excluding steroid dienone is 2. The Hall–Kier alpha value is -0.470. The third kappa shape index (κ3) is 7.53. The molecular weight excluding hydrogens is 141 g/mol. The molecule has 0 aromatic carbocycles. The van der Waals surface area contributed by atoms with Crippen LogP contribution >= 0.6 is 0 Å². The van der Waals surface area contributed by atoms with Gasteiger partial charge < -0.3 is 0 Å². The molecule has 0 aliphatic carbocycles. The van der Waals surface area contributed by atoms with Crippen molar-refractivity contribution >= 4 is 0 Å². The maximum Gasteiger partial charge on any atom is 0.389 e. The average Bonchev–Trinajstić information content (AvgIpc) is 1.78. The maximum atomic E-state index is 11.4. The van der Waals surface area contributed by atoms with Crippen LogP contribution in [0.3, 0.4) is 0 Å². The van der Waals surface area contributed by atoms with Gasteiger partial charge in [0.25, 0.3) is 0 Å². The van der Waals surface area contributed by atoms with Crippen molar-refractivity contribution in [3.05, 3.63) is 19.1 Å². The van der Waals surface area contributed by atoms with E-state index in [0.717, 1.165) is 0 Å². The summed E-state index contributed by atoms with van der Waals surface area (Å²) in [5.74, 6) is 0. The Bertz CT molecular complexity index is 102. The highest BCUT2D eigenvalue weighted by Crippen LogP contribution is 2.21. The fourth-order valence-electron chi connectivity index (χ4n) is 0.483. The van der Waals surface area contributed by atoms with Crippen molar-refractivity contribution < 1.29 is 13.2 Å². The molecule has 0 aromatic rings. The van der Waals surface area contributed by atoms with E-state index in [1.54, 1.807) is 6.08 Å². The smallest absolute Gasteiger partial charge is 0.171 e. The molecule has 0 amide bonds. The zero-order valence-electron chi connectivity index (χ0n) is 5.62. The highest BCUT2D eigenvalue weighted by Gasteiger charge is 2.25. The molecule has 0 nitrogen and oxygen atoms in total. The summed E-state index contributed by atoms with van der Waals surface area (Å²) >= 11 is 0. The summed E-state index contributed by atoms with van der Waals surface area (Å²) in [6.07, 6.45) is -1.00. The van der Waals surface area contributed by atoms with Gasteiger partial charge in [-0.15, -0.1) is 0 Å².